The zero-order valence-corrected chi connectivity index (χ0v) is 8.98. The molecular formula is C7H9NO4S2. The molecule has 1 rings (SSSR count). The second-order valence-corrected chi connectivity index (χ2v) is 5.78. The summed E-state index contributed by atoms with van der Waals surface area (Å²) in [6.45, 7) is 0. The standard InChI is InChI=1S/C7H9NO4S2/c1-8-14(11,12)7-3-2-5(13-7)4-6(9)10/h2-3,8H,4H2,1H3,(H,9,10). The summed E-state index contributed by atoms with van der Waals surface area (Å²) in [5.74, 6) is -0.972. The van der Waals surface area contributed by atoms with Gasteiger partial charge >= 0.3 is 5.97 Å². The maximum Gasteiger partial charge on any atom is 0.308 e. The molecule has 0 fully saturated rings. The van der Waals surface area contributed by atoms with E-state index in [1.165, 1.54) is 19.2 Å². The Morgan fingerprint density at radius 2 is 2.21 bits per heavy atom. The Labute approximate surface area is 85.4 Å². The molecule has 0 atom stereocenters. The van der Waals surface area contributed by atoms with Crippen molar-refractivity contribution in [3.63, 3.8) is 0 Å². The number of rotatable bonds is 4. The van der Waals surface area contributed by atoms with Gasteiger partial charge in [0.05, 0.1) is 6.42 Å². The van der Waals surface area contributed by atoms with Crippen molar-refractivity contribution in [1.82, 2.24) is 4.72 Å². The van der Waals surface area contributed by atoms with Gasteiger partial charge in [0.15, 0.2) is 0 Å². The third-order valence-electron chi connectivity index (χ3n) is 1.50. The molecule has 0 aromatic carbocycles. The van der Waals surface area contributed by atoms with Crippen LogP contribution in [0.2, 0.25) is 0 Å². The SMILES string of the molecule is CNS(=O)(=O)c1ccc(CC(=O)O)s1. The van der Waals surface area contributed by atoms with Crippen LogP contribution in [0.4, 0.5) is 0 Å². The molecule has 1 aromatic rings. The van der Waals surface area contributed by atoms with Crippen molar-refractivity contribution in [1.29, 1.82) is 0 Å². The Bertz CT molecular complexity index is 434. The normalized spacial score (nSPS) is 11.5. The largest absolute Gasteiger partial charge is 0.481 e. The highest BCUT2D eigenvalue weighted by Gasteiger charge is 2.14. The molecule has 0 amide bonds. The van der Waals surface area contributed by atoms with Crippen LogP contribution in [0, 0.1) is 0 Å². The monoisotopic (exact) mass is 235 g/mol. The Morgan fingerprint density at radius 3 is 2.71 bits per heavy atom. The van der Waals surface area contributed by atoms with Crippen molar-refractivity contribution >= 4 is 27.3 Å². The van der Waals surface area contributed by atoms with Gasteiger partial charge < -0.3 is 5.11 Å². The van der Waals surface area contributed by atoms with Crippen LogP contribution in [0.5, 0.6) is 0 Å². The maximum absolute atomic E-state index is 11.3. The number of hydrogen-bond acceptors (Lipinski definition) is 4. The molecule has 0 aliphatic rings. The third kappa shape index (κ3) is 2.53. The van der Waals surface area contributed by atoms with E-state index >= 15 is 0 Å². The Hall–Kier alpha value is -0.920. The third-order valence-corrected chi connectivity index (χ3v) is 4.49. The highest BCUT2D eigenvalue weighted by molar-refractivity contribution is 7.91. The van der Waals surface area contributed by atoms with E-state index in [-0.39, 0.29) is 10.6 Å². The number of carboxylic acid groups (broad SMARTS) is 1. The van der Waals surface area contributed by atoms with E-state index < -0.39 is 16.0 Å². The highest BCUT2D eigenvalue weighted by Crippen LogP contribution is 2.21. The lowest BCUT2D eigenvalue weighted by atomic mass is 10.3. The first-order chi connectivity index (χ1) is 6.45. The molecule has 2 N–H and O–H groups in total. The molecule has 1 aromatic heterocycles. The zero-order chi connectivity index (χ0) is 10.8. The van der Waals surface area contributed by atoms with Crippen molar-refractivity contribution in [2.24, 2.45) is 0 Å². The fraction of sp³-hybridized carbons (Fsp3) is 0.286. The minimum atomic E-state index is -3.44. The van der Waals surface area contributed by atoms with Crippen LogP contribution in [0.3, 0.4) is 0 Å². The van der Waals surface area contributed by atoms with Gasteiger partial charge in [-0.2, -0.15) is 0 Å². The van der Waals surface area contributed by atoms with E-state index in [9.17, 15) is 13.2 Å². The number of sulfonamides is 1. The highest BCUT2D eigenvalue weighted by atomic mass is 32.2. The van der Waals surface area contributed by atoms with Gasteiger partial charge in [0.2, 0.25) is 10.0 Å². The molecule has 0 radical (unpaired) electrons. The topological polar surface area (TPSA) is 83.5 Å². The van der Waals surface area contributed by atoms with Gasteiger partial charge in [-0.25, -0.2) is 13.1 Å². The summed E-state index contributed by atoms with van der Waals surface area (Å²) < 4.78 is 24.8. The summed E-state index contributed by atoms with van der Waals surface area (Å²) in [4.78, 5) is 10.9. The van der Waals surface area contributed by atoms with Crippen molar-refractivity contribution in [2.45, 2.75) is 10.6 Å². The average molecular weight is 235 g/mol. The maximum atomic E-state index is 11.3. The molecule has 7 heteroatoms. The second kappa shape index (κ2) is 4.07. The lowest BCUT2D eigenvalue weighted by Gasteiger charge is -1.95. The summed E-state index contributed by atoms with van der Waals surface area (Å²) >= 11 is 0.961. The van der Waals surface area contributed by atoms with Gasteiger partial charge in [-0.3, -0.25) is 4.79 Å². The lowest BCUT2D eigenvalue weighted by Crippen LogP contribution is -2.17. The van der Waals surface area contributed by atoms with E-state index in [0.717, 1.165) is 11.3 Å². The van der Waals surface area contributed by atoms with Gasteiger partial charge in [0, 0.05) is 4.88 Å². The van der Waals surface area contributed by atoms with Crippen LogP contribution in [0.1, 0.15) is 4.88 Å². The fourth-order valence-electron chi connectivity index (χ4n) is 0.847. The van der Waals surface area contributed by atoms with E-state index in [1.807, 2.05) is 0 Å². The van der Waals surface area contributed by atoms with Gasteiger partial charge in [0.1, 0.15) is 4.21 Å². The molecular weight excluding hydrogens is 226 g/mol. The second-order valence-electron chi connectivity index (χ2n) is 2.50. The molecule has 0 bridgehead atoms. The fourth-order valence-corrected chi connectivity index (χ4v) is 3.03. The average Bonchev–Trinajstić information content (AvgIpc) is 2.52. The Kier molecular flexibility index (Phi) is 3.25. The summed E-state index contributed by atoms with van der Waals surface area (Å²) in [5, 5.41) is 8.48. The van der Waals surface area contributed by atoms with E-state index in [1.54, 1.807) is 0 Å². The molecule has 14 heavy (non-hydrogen) atoms. The number of aliphatic carboxylic acids is 1. The molecule has 0 unspecified atom stereocenters. The number of carbonyl (C=O) groups is 1. The molecule has 1 heterocycles. The van der Waals surface area contributed by atoms with Crippen LogP contribution in [-0.4, -0.2) is 26.5 Å². The summed E-state index contributed by atoms with van der Waals surface area (Å²) in [6, 6.07) is 2.90. The quantitative estimate of drug-likeness (QED) is 0.785. The number of hydrogen-bond donors (Lipinski definition) is 2. The first-order valence-electron chi connectivity index (χ1n) is 3.70. The van der Waals surface area contributed by atoms with Gasteiger partial charge in [0.25, 0.3) is 0 Å². The number of thiophene rings is 1. The minimum absolute atomic E-state index is 0.135. The van der Waals surface area contributed by atoms with Crippen molar-refractivity contribution in [2.75, 3.05) is 7.05 Å². The van der Waals surface area contributed by atoms with Crippen LogP contribution in [0.25, 0.3) is 0 Å². The summed E-state index contributed by atoms with van der Waals surface area (Å²) in [7, 11) is -2.13. The van der Waals surface area contributed by atoms with E-state index in [0.29, 0.717) is 4.88 Å². The Morgan fingerprint density at radius 1 is 1.57 bits per heavy atom. The van der Waals surface area contributed by atoms with E-state index in [4.69, 9.17) is 5.11 Å². The molecule has 0 aliphatic carbocycles. The smallest absolute Gasteiger partial charge is 0.308 e. The minimum Gasteiger partial charge on any atom is -0.481 e. The first kappa shape index (κ1) is 11.2. The first-order valence-corrected chi connectivity index (χ1v) is 6.00. The van der Waals surface area contributed by atoms with Crippen LogP contribution in [0.15, 0.2) is 16.3 Å². The summed E-state index contributed by atoms with van der Waals surface area (Å²) in [6.07, 6.45) is -0.149. The molecule has 78 valence electrons. The zero-order valence-electron chi connectivity index (χ0n) is 7.35. The molecule has 0 saturated carbocycles. The molecule has 0 spiro atoms. The Balaban J connectivity index is 2.94. The van der Waals surface area contributed by atoms with E-state index in [2.05, 4.69) is 4.72 Å². The summed E-state index contributed by atoms with van der Waals surface area (Å²) in [5.41, 5.74) is 0. The number of nitrogens with one attached hydrogen (secondary N) is 1. The predicted octanol–water partition coefficient (Wildman–Crippen LogP) is 0.283. The van der Waals surface area contributed by atoms with Gasteiger partial charge in [-0.1, -0.05) is 0 Å². The predicted molar refractivity (Wildman–Crippen MR) is 51.9 cm³/mol. The van der Waals surface area contributed by atoms with Crippen molar-refractivity contribution in [3.05, 3.63) is 17.0 Å². The van der Waals surface area contributed by atoms with Gasteiger partial charge in [-0.05, 0) is 19.2 Å². The van der Waals surface area contributed by atoms with Gasteiger partial charge in [-0.15, -0.1) is 11.3 Å². The van der Waals surface area contributed by atoms with Crippen LogP contribution >= 0.6 is 11.3 Å². The lowest BCUT2D eigenvalue weighted by molar-refractivity contribution is -0.136. The molecule has 0 aliphatic heterocycles. The van der Waals surface area contributed by atoms with Crippen LogP contribution < -0.4 is 4.72 Å². The molecule has 5 nitrogen and oxygen atoms in total. The van der Waals surface area contributed by atoms with Crippen molar-refractivity contribution < 1.29 is 18.3 Å². The van der Waals surface area contributed by atoms with Crippen molar-refractivity contribution in [3.8, 4) is 0 Å². The molecule has 0 saturated heterocycles. The number of carboxylic acids is 1. The van der Waals surface area contributed by atoms with Crippen LogP contribution in [-0.2, 0) is 21.2 Å².